The summed E-state index contributed by atoms with van der Waals surface area (Å²) in [7, 11) is 1.26. The molecule has 1 aromatic heterocycles. The molecule has 1 aromatic carbocycles. The number of nitrogens with zero attached hydrogens (tertiary/aromatic N) is 2. The molecule has 24 heavy (non-hydrogen) atoms. The zero-order chi connectivity index (χ0) is 17.7. The maximum Gasteiger partial charge on any atom is 0.339 e. The molecule has 0 aliphatic carbocycles. The smallest absolute Gasteiger partial charge is 0.339 e. The number of ether oxygens (including phenoxy) is 1. The summed E-state index contributed by atoms with van der Waals surface area (Å²) in [5.41, 5.74) is 1.25. The van der Waals surface area contributed by atoms with Crippen LogP contribution >= 0.6 is 11.6 Å². The standard InChI is InChI=1S/C15H14ClFN2O4S/c1-23-15(20)11-3-4-12(18-7-11)9-19(24(21)22)8-10-2-5-14(17)13(16)6-10/h2-7H,8-9H2,1H3,(H,21,22)/p-1. The number of methoxy groups -OCH3 is 1. The first-order chi connectivity index (χ1) is 11.4. The second-order valence-corrected chi connectivity index (χ2v) is 6.15. The minimum Gasteiger partial charge on any atom is -0.760 e. The van der Waals surface area contributed by atoms with Crippen LogP contribution in [0.15, 0.2) is 36.5 Å². The van der Waals surface area contributed by atoms with Crippen LogP contribution in [-0.4, -0.2) is 31.1 Å². The maximum atomic E-state index is 13.2. The van der Waals surface area contributed by atoms with Crippen LogP contribution in [0.1, 0.15) is 21.6 Å². The molecule has 0 bridgehead atoms. The van der Waals surface area contributed by atoms with E-state index in [1.54, 1.807) is 0 Å². The molecule has 1 unspecified atom stereocenters. The highest BCUT2D eigenvalue weighted by Crippen LogP contribution is 2.18. The van der Waals surface area contributed by atoms with Crippen molar-refractivity contribution in [2.75, 3.05) is 7.11 Å². The Bertz CT molecular complexity index is 758. The number of pyridine rings is 1. The van der Waals surface area contributed by atoms with E-state index in [2.05, 4.69) is 9.72 Å². The molecule has 1 atom stereocenters. The molecule has 0 saturated carbocycles. The molecule has 2 rings (SSSR count). The van der Waals surface area contributed by atoms with Crippen LogP contribution in [0.5, 0.6) is 0 Å². The Morgan fingerprint density at radius 2 is 2.12 bits per heavy atom. The van der Waals surface area contributed by atoms with E-state index in [-0.39, 0.29) is 23.7 Å². The van der Waals surface area contributed by atoms with Crippen molar-refractivity contribution in [3.05, 3.63) is 64.2 Å². The third kappa shape index (κ3) is 4.81. The Morgan fingerprint density at radius 3 is 2.67 bits per heavy atom. The van der Waals surface area contributed by atoms with Crippen LogP contribution in [0.4, 0.5) is 4.39 Å². The molecule has 1 heterocycles. The van der Waals surface area contributed by atoms with Crippen molar-refractivity contribution in [3.8, 4) is 0 Å². The normalized spacial score (nSPS) is 12.2. The fraction of sp³-hybridized carbons (Fsp3) is 0.200. The van der Waals surface area contributed by atoms with Gasteiger partial charge in [0.15, 0.2) is 0 Å². The molecule has 0 fully saturated rings. The Labute approximate surface area is 145 Å². The van der Waals surface area contributed by atoms with Gasteiger partial charge >= 0.3 is 5.97 Å². The number of hydrogen-bond acceptors (Lipinski definition) is 5. The lowest BCUT2D eigenvalue weighted by molar-refractivity contribution is 0.0600. The van der Waals surface area contributed by atoms with Crippen LogP contribution in [0.25, 0.3) is 0 Å². The summed E-state index contributed by atoms with van der Waals surface area (Å²) in [5, 5.41) is -0.0790. The van der Waals surface area contributed by atoms with E-state index < -0.39 is 23.1 Å². The lowest BCUT2D eigenvalue weighted by Crippen LogP contribution is -2.25. The summed E-state index contributed by atoms with van der Waals surface area (Å²) in [6, 6.07) is 7.02. The summed E-state index contributed by atoms with van der Waals surface area (Å²) < 4.78 is 41.6. The van der Waals surface area contributed by atoms with Crippen molar-refractivity contribution in [3.63, 3.8) is 0 Å². The SMILES string of the molecule is COC(=O)c1ccc(CN(Cc2ccc(F)c(Cl)c2)S(=O)[O-])nc1. The van der Waals surface area contributed by atoms with Gasteiger partial charge in [0.1, 0.15) is 5.82 Å². The second-order valence-electron chi connectivity index (χ2n) is 4.79. The zero-order valence-corrected chi connectivity index (χ0v) is 14.1. The second kappa shape index (κ2) is 8.29. The van der Waals surface area contributed by atoms with Crippen LogP contribution in [0.3, 0.4) is 0 Å². The van der Waals surface area contributed by atoms with E-state index in [1.807, 2.05) is 0 Å². The molecule has 0 spiro atoms. The van der Waals surface area contributed by atoms with Gasteiger partial charge in [-0.2, -0.15) is 0 Å². The minimum absolute atomic E-state index is 0.00738. The first-order valence-corrected chi connectivity index (χ1v) is 8.13. The number of hydrogen-bond donors (Lipinski definition) is 0. The summed E-state index contributed by atoms with van der Waals surface area (Å²) >= 11 is 3.18. The van der Waals surface area contributed by atoms with Crippen LogP contribution in [0, 0.1) is 5.82 Å². The van der Waals surface area contributed by atoms with Gasteiger partial charge in [0.2, 0.25) is 0 Å². The van der Waals surface area contributed by atoms with E-state index >= 15 is 0 Å². The Morgan fingerprint density at radius 1 is 1.38 bits per heavy atom. The van der Waals surface area contributed by atoms with Gasteiger partial charge in [0, 0.05) is 24.0 Å². The van der Waals surface area contributed by atoms with Crippen LogP contribution < -0.4 is 0 Å². The zero-order valence-electron chi connectivity index (χ0n) is 12.6. The largest absolute Gasteiger partial charge is 0.760 e. The van der Waals surface area contributed by atoms with Gasteiger partial charge in [-0.1, -0.05) is 17.7 Å². The first kappa shape index (κ1) is 18.5. The van der Waals surface area contributed by atoms with Crippen LogP contribution in [0.2, 0.25) is 5.02 Å². The number of carbonyl (C=O) groups excluding carboxylic acids is 1. The third-order valence-electron chi connectivity index (χ3n) is 3.14. The van der Waals surface area contributed by atoms with Gasteiger partial charge in [0.05, 0.1) is 29.9 Å². The molecule has 9 heteroatoms. The number of esters is 1. The molecule has 0 aliphatic heterocycles. The topological polar surface area (TPSA) is 82.6 Å². The molecule has 0 radical (unpaired) electrons. The Kier molecular flexibility index (Phi) is 6.38. The van der Waals surface area contributed by atoms with Crippen molar-refractivity contribution in [2.45, 2.75) is 13.1 Å². The molecule has 2 aromatic rings. The van der Waals surface area contributed by atoms with Crippen molar-refractivity contribution in [1.82, 2.24) is 9.29 Å². The van der Waals surface area contributed by atoms with Gasteiger partial charge in [-0.3, -0.25) is 9.19 Å². The van der Waals surface area contributed by atoms with Crippen molar-refractivity contribution < 1.29 is 22.7 Å². The summed E-state index contributed by atoms with van der Waals surface area (Å²) in [6.45, 7) is 0.00308. The lowest BCUT2D eigenvalue weighted by Gasteiger charge is -2.24. The molecule has 0 saturated heterocycles. The summed E-state index contributed by atoms with van der Waals surface area (Å²) in [6.07, 6.45) is 1.31. The van der Waals surface area contributed by atoms with E-state index in [0.717, 1.165) is 4.31 Å². The van der Waals surface area contributed by atoms with Crippen molar-refractivity contribution >= 4 is 28.8 Å². The number of halogens is 2. The van der Waals surface area contributed by atoms with Crippen LogP contribution in [-0.2, 0) is 29.1 Å². The van der Waals surface area contributed by atoms with E-state index in [1.165, 1.54) is 43.6 Å². The average molecular weight is 372 g/mol. The highest BCUT2D eigenvalue weighted by Gasteiger charge is 2.12. The Balaban J connectivity index is 2.12. The van der Waals surface area contributed by atoms with E-state index in [9.17, 15) is 17.9 Å². The molecule has 6 nitrogen and oxygen atoms in total. The first-order valence-electron chi connectivity index (χ1n) is 6.72. The lowest BCUT2D eigenvalue weighted by atomic mass is 10.2. The number of benzene rings is 1. The number of rotatable bonds is 6. The van der Waals surface area contributed by atoms with Gasteiger partial charge in [-0.25, -0.2) is 13.5 Å². The third-order valence-corrected chi connectivity index (χ3v) is 4.11. The van der Waals surface area contributed by atoms with Gasteiger partial charge < -0.3 is 9.29 Å². The Hall–Kier alpha value is -1.87. The quantitative estimate of drug-likeness (QED) is 0.575. The van der Waals surface area contributed by atoms with Gasteiger partial charge in [0.25, 0.3) is 0 Å². The molecule has 0 aliphatic rings. The molecular weight excluding hydrogens is 359 g/mol. The highest BCUT2D eigenvalue weighted by atomic mass is 35.5. The number of carbonyl (C=O) groups is 1. The minimum atomic E-state index is -2.52. The van der Waals surface area contributed by atoms with Crippen molar-refractivity contribution in [1.29, 1.82) is 0 Å². The fourth-order valence-corrected chi connectivity index (χ4v) is 2.64. The van der Waals surface area contributed by atoms with Gasteiger partial charge in [-0.05, 0) is 29.8 Å². The fourth-order valence-electron chi connectivity index (χ4n) is 1.94. The molecule has 128 valence electrons. The summed E-state index contributed by atoms with van der Waals surface area (Å²) in [4.78, 5) is 15.4. The molecular formula is C15H13ClFN2O4S-. The maximum absolute atomic E-state index is 13.2. The molecule has 0 amide bonds. The monoisotopic (exact) mass is 371 g/mol. The van der Waals surface area contributed by atoms with E-state index in [0.29, 0.717) is 11.3 Å². The highest BCUT2D eigenvalue weighted by molar-refractivity contribution is 7.76. The van der Waals surface area contributed by atoms with Crippen molar-refractivity contribution in [2.24, 2.45) is 0 Å². The predicted octanol–water partition coefficient (Wildman–Crippen LogP) is 2.46. The van der Waals surface area contributed by atoms with E-state index in [4.69, 9.17) is 11.6 Å². The predicted molar refractivity (Wildman–Crippen MR) is 85.2 cm³/mol. The molecule has 0 N–H and O–H groups in total. The summed E-state index contributed by atoms with van der Waals surface area (Å²) in [5.74, 6) is -1.10. The average Bonchev–Trinajstić information content (AvgIpc) is 2.57. The number of aromatic nitrogens is 1. The van der Waals surface area contributed by atoms with Gasteiger partial charge in [-0.15, -0.1) is 0 Å².